The molecule has 0 aromatic heterocycles. The monoisotopic (exact) mass is 707 g/mol. The Balaban J connectivity index is 4.38. The smallest absolute Gasteiger partial charge is 0.462 e. The summed E-state index contributed by atoms with van der Waals surface area (Å²) in [5, 5.41) is 0. The number of rotatable bonds is 33. The number of ether oxygens (including phenoxy) is 2. The summed E-state index contributed by atoms with van der Waals surface area (Å²) in [5.41, 5.74) is 5.32. The van der Waals surface area contributed by atoms with E-state index in [0.29, 0.717) is 19.3 Å². The summed E-state index contributed by atoms with van der Waals surface area (Å²) < 4.78 is 32.5. The average Bonchev–Trinajstić information content (AvgIpc) is 3.08. The van der Waals surface area contributed by atoms with Crippen LogP contribution in [-0.4, -0.2) is 49.3 Å². The number of nitrogens with two attached hydrogens (primary N) is 1. The lowest BCUT2D eigenvalue weighted by molar-refractivity contribution is -0.161. The first kappa shape index (κ1) is 46.5. The highest BCUT2D eigenvalue weighted by atomic mass is 31.2. The Kier molecular flexibility index (Phi) is 33.4. The van der Waals surface area contributed by atoms with E-state index in [4.69, 9.17) is 24.3 Å². The summed E-state index contributed by atoms with van der Waals surface area (Å²) >= 11 is 0. The first-order chi connectivity index (χ1) is 23.8. The molecule has 0 saturated carbocycles. The molecule has 2 unspecified atom stereocenters. The van der Waals surface area contributed by atoms with E-state index < -0.39 is 32.5 Å². The first-order valence-corrected chi connectivity index (χ1v) is 19.9. The molecule has 10 heteroatoms. The lowest BCUT2D eigenvalue weighted by Gasteiger charge is -2.19. The number of allylic oxidation sites excluding steroid dienone is 12. The minimum atomic E-state index is -4.39. The van der Waals surface area contributed by atoms with Crippen molar-refractivity contribution in [1.29, 1.82) is 0 Å². The van der Waals surface area contributed by atoms with Crippen LogP contribution in [0, 0.1) is 0 Å². The van der Waals surface area contributed by atoms with E-state index in [1.165, 1.54) is 12.8 Å². The molecule has 0 aliphatic heterocycles. The second-order valence-electron chi connectivity index (χ2n) is 11.7. The maximum Gasteiger partial charge on any atom is 0.472 e. The Morgan fingerprint density at radius 2 is 1.14 bits per heavy atom. The van der Waals surface area contributed by atoms with Gasteiger partial charge in [0.1, 0.15) is 6.61 Å². The highest BCUT2D eigenvalue weighted by Crippen LogP contribution is 2.43. The van der Waals surface area contributed by atoms with Crippen LogP contribution in [0.2, 0.25) is 0 Å². The Morgan fingerprint density at radius 3 is 1.76 bits per heavy atom. The van der Waals surface area contributed by atoms with Gasteiger partial charge >= 0.3 is 19.8 Å². The second-order valence-corrected chi connectivity index (χ2v) is 13.2. The Hall–Kier alpha value is -2.55. The van der Waals surface area contributed by atoms with E-state index in [2.05, 4.69) is 80.7 Å². The summed E-state index contributed by atoms with van der Waals surface area (Å²) in [5.74, 6) is -0.919. The summed E-state index contributed by atoms with van der Waals surface area (Å²) in [6.07, 6.45) is 40.9. The van der Waals surface area contributed by atoms with Crippen molar-refractivity contribution in [3.05, 3.63) is 72.9 Å². The molecule has 0 amide bonds. The summed E-state index contributed by atoms with van der Waals surface area (Å²) in [7, 11) is -4.39. The van der Waals surface area contributed by atoms with Gasteiger partial charge in [0.25, 0.3) is 0 Å². The Bertz CT molecular complexity index is 1030. The zero-order valence-electron chi connectivity index (χ0n) is 30.4. The molecule has 0 rings (SSSR count). The van der Waals surface area contributed by atoms with E-state index in [1.807, 2.05) is 6.08 Å². The molecular formula is C39H66NO8P. The molecule has 0 heterocycles. The molecule has 0 spiro atoms. The zero-order valence-corrected chi connectivity index (χ0v) is 31.3. The van der Waals surface area contributed by atoms with Crippen LogP contribution in [0.15, 0.2) is 72.9 Å². The molecule has 0 aromatic carbocycles. The predicted octanol–water partition coefficient (Wildman–Crippen LogP) is 9.93. The number of phosphoric acid groups is 1. The van der Waals surface area contributed by atoms with Crippen LogP contribution in [0.1, 0.15) is 129 Å². The minimum absolute atomic E-state index is 0.0396. The predicted molar refractivity (Wildman–Crippen MR) is 201 cm³/mol. The Labute approximate surface area is 297 Å². The maximum atomic E-state index is 12.5. The molecule has 280 valence electrons. The van der Waals surface area contributed by atoms with Crippen molar-refractivity contribution in [3.63, 3.8) is 0 Å². The minimum Gasteiger partial charge on any atom is -0.462 e. The number of hydrogen-bond acceptors (Lipinski definition) is 8. The summed E-state index contributed by atoms with van der Waals surface area (Å²) in [6, 6.07) is 0. The van der Waals surface area contributed by atoms with E-state index in [1.54, 1.807) is 0 Å². The van der Waals surface area contributed by atoms with Crippen molar-refractivity contribution in [1.82, 2.24) is 0 Å². The molecule has 2 atom stereocenters. The van der Waals surface area contributed by atoms with Crippen molar-refractivity contribution < 1.29 is 37.6 Å². The van der Waals surface area contributed by atoms with Gasteiger partial charge in [-0.25, -0.2) is 4.57 Å². The van der Waals surface area contributed by atoms with Crippen molar-refractivity contribution in [2.75, 3.05) is 26.4 Å². The molecule has 0 fully saturated rings. The molecule has 3 N–H and O–H groups in total. The van der Waals surface area contributed by atoms with Crippen LogP contribution in [0.4, 0.5) is 0 Å². The molecule has 0 aromatic rings. The van der Waals surface area contributed by atoms with Gasteiger partial charge in [0.05, 0.1) is 13.2 Å². The van der Waals surface area contributed by atoms with E-state index in [-0.39, 0.29) is 32.6 Å². The largest absolute Gasteiger partial charge is 0.472 e. The highest BCUT2D eigenvalue weighted by molar-refractivity contribution is 7.47. The summed E-state index contributed by atoms with van der Waals surface area (Å²) in [6.45, 7) is 3.46. The number of phosphoric ester groups is 1. The van der Waals surface area contributed by atoms with Gasteiger partial charge in [-0.2, -0.15) is 0 Å². The van der Waals surface area contributed by atoms with Crippen LogP contribution in [-0.2, 0) is 32.7 Å². The molecule has 0 radical (unpaired) electrons. The van der Waals surface area contributed by atoms with Crippen LogP contribution < -0.4 is 5.73 Å². The van der Waals surface area contributed by atoms with Gasteiger partial charge < -0.3 is 20.1 Å². The molecule has 0 aliphatic carbocycles. The topological polar surface area (TPSA) is 134 Å². The van der Waals surface area contributed by atoms with Gasteiger partial charge in [-0.05, 0) is 70.6 Å². The van der Waals surface area contributed by atoms with Gasteiger partial charge in [-0.1, -0.05) is 119 Å². The number of unbranched alkanes of at least 4 members (excludes halogenated alkanes) is 8. The molecule has 49 heavy (non-hydrogen) atoms. The first-order valence-electron chi connectivity index (χ1n) is 18.4. The highest BCUT2D eigenvalue weighted by Gasteiger charge is 2.25. The van der Waals surface area contributed by atoms with Crippen molar-refractivity contribution in [2.45, 2.75) is 136 Å². The van der Waals surface area contributed by atoms with Gasteiger partial charge in [0.15, 0.2) is 6.10 Å². The number of hydrogen-bond donors (Lipinski definition) is 2. The van der Waals surface area contributed by atoms with Gasteiger partial charge in [0.2, 0.25) is 0 Å². The second kappa shape index (κ2) is 35.3. The lowest BCUT2D eigenvalue weighted by atomic mass is 10.1. The number of esters is 2. The average molecular weight is 708 g/mol. The zero-order chi connectivity index (χ0) is 36.1. The summed E-state index contributed by atoms with van der Waals surface area (Å²) in [4.78, 5) is 34.6. The van der Waals surface area contributed by atoms with Crippen LogP contribution >= 0.6 is 7.82 Å². The lowest BCUT2D eigenvalue weighted by Crippen LogP contribution is -2.29. The third-order valence-electron chi connectivity index (χ3n) is 7.08. The van der Waals surface area contributed by atoms with E-state index >= 15 is 0 Å². The normalized spacial score (nSPS) is 14.3. The maximum absolute atomic E-state index is 12.5. The standard InChI is InChI=1S/C39H66NO8P/c1-3-5-7-9-11-13-15-16-17-18-19-20-22-24-26-28-30-32-39(42)48-37(36-47-49(43,44)46-34-33-40)35-45-38(41)31-29-27-25-23-21-14-12-10-8-6-4-2/h5,7,10-13,16-17,19-20,24,26,37H,3-4,6,8-9,14-15,18,21-23,25,27-36,40H2,1-2H3,(H,43,44)/b7-5-,12-10-,13-11-,17-16-,20-19-,26-24-. The van der Waals surface area contributed by atoms with Crippen molar-refractivity contribution in [2.24, 2.45) is 5.73 Å². The third-order valence-corrected chi connectivity index (χ3v) is 8.06. The fourth-order valence-electron chi connectivity index (χ4n) is 4.35. The van der Waals surface area contributed by atoms with Gasteiger partial charge in [-0.15, -0.1) is 0 Å². The quantitative estimate of drug-likeness (QED) is 0.0296. The fourth-order valence-corrected chi connectivity index (χ4v) is 5.12. The molecule has 0 bridgehead atoms. The van der Waals surface area contributed by atoms with Crippen LogP contribution in [0.3, 0.4) is 0 Å². The van der Waals surface area contributed by atoms with E-state index in [9.17, 15) is 19.0 Å². The number of carbonyl (C=O) groups excluding carboxylic acids is 2. The van der Waals surface area contributed by atoms with Crippen LogP contribution in [0.25, 0.3) is 0 Å². The Morgan fingerprint density at radius 1 is 0.633 bits per heavy atom. The molecule has 0 aliphatic rings. The third kappa shape index (κ3) is 35.1. The van der Waals surface area contributed by atoms with Crippen molar-refractivity contribution in [3.8, 4) is 0 Å². The van der Waals surface area contributed by atoms with Crippen molar-refractivity contribution >= 4 is 19.8 Å². The van der Waals surface area contributed by atoms with Gasteiger partial charge in [-0.3, -0.25) is 18.6 Å². The number of carbonyl (C=O) groups is 2. The molecular weight excluding hydrogens is 641 g/mol. The van der Waals surface area contributed by atoms with E-state index in [0.717, 1.165) is 70.6 Å². The molecule has 9 nitrogen and oxygen atoms in total. The van der Waals surface area contributed by atoms with Gasteiger partial charge in [0, 0.05) is 19.4 Å². The fraction of sp³-hybridized carbons (Fsp3) is 0.641. The SMILES string of the molecule is CC/C=C\C/C=C\C/C=C\C/C=C\C/C=C\CCCC(=O)OC(COC(=O)CCCCCCC/C=C\CCCC)COP(=O)(O)OCCN. The van der Waals surface area contributed by atoms with Crippen LogP contribution in [0.5, 0.6) is 0 Å². The molecule has 0 saturated heterocycles.